The molecule has 20 heavy (non-hydrogen) atoms. The molecule has 2 rings (SSSR count). The molecule has 1 aliphatic heterocycles. The van der Waals surface area contributed by atoms with Crippen LogP contribution in [-0.2, 0) is 9.53 Å². The molecule has 6 heteroatoms. The summed E-state index contributed by atoms with van der Waals surface area (Å²) in [5, 5.41) is 6.43. The van der Waals surface area contributed by atoms with Crippen LogP contribution in [0.3, 0.4) is 0 Å². The second-order valence-electron chi connectivity index (χ2n) is 4.70. The molecule has 1 aromatic rings. The highest BCUT2D eigenvalue weighted by Crippen LogP contribution is 2.23. The summed E-state index contributed by atoms with van der Waals surface area (Å²) in [5.41, 5.74) is 0.701. The maximum Gasteiger partial charge on any atom is 0.340 e. The van der Waals surface area contributed by atoms with E-state index in [9.17, 15) is 9.59 Å². The van der Waals surface area contributed by atoms with E-state index in [1.54, 1.807) is 12.1 Å². The third-order valence-electron chi connectivity index (χ3n) is 3.35. The lowest BCUT2D eigenvalue weighted by atomic mass is 9.97. The van der Waals surface area contributed by atoms with Crippen LogP contribution in [0.1, 0.15) is 23.2 Å². The molecular formula is C14H17ClN2O3. The number of hydrogen-bond donors (Lipinski definition) is 2. The number of methoxy groups -OCH3 is 1. The number of anilines is 1. The average Bonchev–Trinajstić information content (AvgIpc) is 2.49. The zero-order chi connectivity index (χ0) is 14.5. The van der Waals surface area contributed by atoms with Crippen LogP contribution in [0.5, 0.6) is 0 Å². The first-order chi connectivity index (χ1) is 9.61. The highest BCUT2D eigenvalue weighted by Gasteiger charge is 2.22. The minimum Gasteiger partial charge on any atom is -0.465 e. The lowest BCUT2D eigenvalue weighted by Crippen LogP contribution is -2.34. The van der Waals surface area contributed by atoms with Gasteiger partial charge in [0, 0.05) is 10.9 Å². The van der Waals surface area contributed by atoms with Crippen LogP contribution >= 0.6 is 11.6 Å². The minimum absolute atomic E-state index is 0.0302. The van der Waals surface area contributed by atoms with E-state index in [1.807, 2.05) is 0 Å². The van der Waals surface area contributed by atoms with Gasteiger partial charge in [-0.1, -0.05) is 11.6 Å². The van der Waals surface area contributed by atoms with Crippen molar-refractivity contribution in [2.75, 3.05) is 25.5 Å². The number of nitrogens with one attached hydrogen (secondary N) is 2. The van der Waals surface area contributed by atoms with Crippen molar-refractivity contribution in [3.05, 3.63) is 28.8 Å². The molecule has 108 valence electrons. The van der Waals surface area contributed by atoms with Crippen LogP contribution in [0.25, 0.3) is 0 Å². The molecule has 5 nitrogen and oxygen atoms in total. The van der Waals surface area contributed by atoms with Gasteiger partial charge >= 0.3 is 5.97 Å². The molecular weight excluding hydrogens is 280 g/mol. The first kappa shape index (κ1) is 14.8. The Balaban J connectivity index is 2.15. The fourth-order valence-corrected chi connectivity index (χ4v) is 2.40. The quantitative estimate of drug-likeness (QED) is 0.838. The summed E-state index contributed by atoms with van der Waals surface area (Å²) in [5.74, 6) is -0.621. The van der Waals surface area contributed by atoms with Crippen molar-refractivity contribution in [2.24, 2.45) is 5.92 Å². The fourth-order valence-electron chi connectivity index (χ4n) is 2.22. The average molecular weight is 297 g/mol. The Morgan fingerprint density at radius 3 is 2.70 bits per heavy atom. The zero-order valence-corrected chi connectivity index (χ0v) is 12.0. The molecule has 1 heterocycles. The smallest absolute Gasteiger partial charge is 0.340 e. The maximum atomic E-state index is 12.2. The summed E-state index contributed by atoms with van der Waals surface area (Å²) >= 11 is 5.87. The van der Waals surface area contributed by atoms with Gasteiger partial charge in [0.05, 0.1) is 18.4 Å². The lowest BCUT2D eigenvalue weighted by Gasteiger charge is -2.22. The van der Waals surface area contributed by atoms with Crippen molar-refractivity contribution < 1.29 is 14.3 Å². The number of carbonyl (C=O) groups is 2. The SMILES string of the molecule is COC(=O)c1cc(Cl)ccc1NC(=O)C1CCNCC1. The van der Waals surface area contributed by atoms with Crippen molar-refractivity contribution in [1.29, 1.82) is 0 Å². The highest BCUT2D eigenvalue weighted by molar-refractivity contribution is 6.31. The van der Waals surface area contributed by atoms with Crippen LogP contribution in [0.2, 0.25) is 5.02 Å². The first-order valence-corrected chi connectivity index (χ1v) is 6.89. The van der Waals surface area contributed by atoms with Gasteiger partial charge in [0.15, 0.2) is 0 Å². The van der Waals surface area contributed by atoms with E-state index in [2.05, 4.69) is 10.6 Å². The number of esters is 1. The predicted molar refractivity (Wildman–Crippen MR) is 77.0 cm³/mol. The van der Waals surface area contributed by atoms with Gasteiger partial charge in [-0.25, -0.2) is 4.79 Å². The molecule has 1 fully saturated rings. The largest absolute Gasteiger partial charge is 0.465 e. The number of benzene rings is 1. The Kier molecular flexibility index (Phi) is 4.98. The van der Waals surface area contributed by atoms with Crippen molar-refractivity contribution in [3.63, 3.8) is 0 Å². The summed E-state index contributed by atoms with van der Waals surface area (Å²) < 4.78 is 4.70. The number of carbonyl (C=O) groups excluding carboxylic acids is 2. The van der Waals surface area contributed by atoms with Gasteiger partial charge in [-0.15, -0.1) is 0 Å². The number of piperidine rings is 1. The van der Waals surface area contributed by atoms with E-state index in [0.717, 1.165) is 25.9 Å². The fraction of sp³-hybridized carbons (Fsp3) is 0.429. The van der Waals surface area contributed by atoms with Gasteiger partial charge in [0.25, 0.3) is 0 Å². The van der Waals surface area contributed by atoms with Gasteiger partial charge in [0.1, 0.15) is 0 Å². The topological polar surface area (TPSA) is 67.4 Å². The molecule has 0 aromatic heterocycles. The molecule has 2 N–H and O–H groups in total. The maximum absolute atomic E-state index is 12.2. The standard InChI is InChI=1S/C14H17ClN2O3/c1-20-14(19)11-8-10(15)2-3-12(11)17-13(18)9-4-6-16-7-5-9/h2-3,8-9,16H,4-7H2,1H3,(H,17,18). The Morgan fingerprint density at radius 2 is 2.05 bits per heavy atom. The van der Waals surface area contributed by atoms with Crippen molar-refractivity contribution in [2.45, 2.75) is 12.8 Å². The number of hydrogen-bond acceptors (Lipinski definition) is 4. The third-order valence-corrected chi connectivity index (χ3v) is 3.59. The van der Waals surface area contributed by atoms with Gasteiger partial charge < -0.3 is 15.4 Å². The Morgan fingerprint density at radius 1 is 1.35 bits per heavy atom. The molecule has 0 saturated carbocycles. The van der Waals surface area contributed by atoms with Crippen LogP contribution in [-0.4, -0.2) is 32.1 Å². The molecule has 1 amide bonds. The normalized spacial score (nSPS) is 15.7. The van der Waals surface area contributed by atoms with Gasteiger partial charge in [-0.2, -0.15) is 0 Å². The second-order valence-corrected chi connectivity index (χ2v) is 5.13. The minimum atomic E-state index is -0.520. The van der Waals surface area contributed by atoms with E-state index in [-0.39, 0.29) is 17.4 Å². The second kappa shape index (κ2) is 6.72. The van der Waals surface area contributed by atoms with E-state index in [4.69, 9.17) is 16.3 Å². The zero-order valence-electron chi connectivity index (χ0n) is 11.2. The highest BCUT2D eigenvalue weighted by atomic mass is 35.5. The number of ether oxygens (including phenoxy) is 1. The molecule has 0 spiro atoms. The molecule has 1 aromatic carbocycles. The van der Waals surface area contributed by atoms with Gasteiger partial charge in [-0.3, -0.25) is 4.79 Å². The Hall–Kier alpha value is -1.59. The Bertz CT molecular complexity index is 513. The molecule has 1 saturated heterocycles. The number of halogens is 1. The Labute approximate surface area is 122 Å². The van der Waals surface area contributed by atoms with E-state index in [1.165, 1.54) is 13.2 Å². The van der Waals surface area contributed by atoms with E-state index < -0.39 is 5.97 Å². The van der Waals surface area contributed by atoms with Gasteiger partial charge in [-0.05, 0) is 44.1 Å². The molecule has 0 bridgehead atoms. The summed E-state index contributed by atoms with van der Waals surface area (Å²) in [6, 6.07) is 4.74. The first-order valence-electron chi connectivity index (χ1n) is 6.51. The van der Waals surface area contributed by atoms with Crippen molar-refractivity contribution >= 4 is 29.2 Å². The summed E-state index contributed by atoms with van der Waals surface area (Å²) in [4.78, 5) is 23.9. The van der Waals surface area contributed by atoms with Crippen LogP contribution in [0, 0.1) is 5.92 Å². The molecule has 0 aliphatic carbocycles. The molecule has 0 atom stereocenters. The third kappa shape index (κ3) is 3.49. The monoisotopic (exact) mass is 296 g/mol. The predicted octanol–water partition coefficient (Wildman–Crippen LogP) is 2.06. The molecule has 0 unspecified atom stereocenters. The van der Waals surface area contributed by atoms with E-state index in [0.29, 0.717) is 10.7 Å². The summed E-state index contributed by atoms with van der Waals surface area (Å²) in [7, 11) is 1.29. The van der Waals surface area contributed by atoms with Gasteiger partial charge in [0.2, 0.25) is 5.91 Å². The summed E-state index contributed by atoms with van der Waals surface area (Å²) in [6.45, 7) is 1.67. The van der Waals surface area contributed by atoms with Crippen LogP contribution in [0.15, 0.2) is 18.2 Å². The van der Waals surface area contributed by atoms with Crippen LogP contribution in [0.4, 0.5) is 5.69 Å². The van der Waals surface area contributed by atoms with E-state index >= 15 is 0 Å². The van der Waals surface area contributed by atoms with Crippen LogP contribution < -0.4 is 10.6 Å². The lowest BCUT2D eigenvalue weighted by molar-refractivity contribution is -0.120. The van der Waals surface area contributed by atoms with Crippen molar-refractivity contribution in [3.8, 4) is 0 Å². The number of rotatable bonds is 3. The summed E-state index contributed by atoms with van der Waals surface area (Å²) in [6.07, 6.45) is 1.60. The number of amides is 1. The molecule has 0 radical (unpaired) electrons. The van der Waals surface area contributed by atoms with Crippen molar-refractivity contribution in [1.82, 2.24) is 5.32 Å². The molecule has 1 aliphatic rings.